The molecule has 1 aliphatic rings. The lowest BCUT2D eigenvalue weighted by atomic mass is 10.0. The maximum atomic E-state index is 6.36. The van der Waals surface area contributed by atoms with Gasteiger partial charge >= 0.3 is 0 Å². The van der Waals surface area contributed by atoms with Gasteiger partial charge in [0.2, 0.25) is 0 Å². The van der Waals surface area contributed by atoms with Gasteiger partial charge in [-0.15, -0.1) is 0 Å². The summed E-state index contributed by atoms with van der Waals surface area (Å²) in [5.41, 5.74) is 10.6. The highest BCUT2D eigenvalue weighted by Gasteiger charge is 2.31. The Morgan fingerprint density at radius 2 is 1.86 bits per heavy atom. The Morgan fingerprint density at radius 1 is 1.18 bits per heavy atom. The first-order chi connectivity index (χ1) is 10.5. The molecule has 0 saturated carbocycles. The molecule has 1 aliphatic heterocycles. The molecule has 0 saturated heterocycles. The number of hydrogen-bond donors (Lipinski definition) is 1. The van der Waals surface area contributed by atoms with Crippen molar-refractivity contribution in [1.82, 2.24) is 0 Å². The highest BCUT2D eigenvalue weighted by Crippen LogP contribution is 2.41. The summed E-state index contributed by atoms with van der Waals surface area (Å²) in [5.74, 6) is 0. The SMILES string of the molecule is CN(C)c1ccc(N2Cc3c(Cl)cc(Cl)cc3C2CN)cc1. The molecule has 5 heteroatoms. The fraction of sp³-hybridized carbons (Fsp3) is 0.294. The van der Waals surface area contributed by atoms with Crippen LogP contribution in [-0.4, -0.2) is 20.6 Å². The average Bonchev–Trinajstić information content (AvgIpc) is 2.86. The van der Waals surface area contributed by atoms with Crippen LogP contribution in [-0.2, 0) is 6.54 Å². The normalized spacial score (nSPS) is 16.8. The molecule has 22 heavy (non-hydrogen) atoms. The quantitative estimate of drug-likeness (QED) is 0.917. The van der Waals surface area contributed by atoms with Crippen molar-refractivity contribution < 1.29 is 0 Å². The second kappa shape index (κ2) is 5.99. The molecule has 1 unspecified atom stereocenters. The number of rotatable bonds is 3. The lowest BCUT2D eigenvalue weighted by Crippen LogP contribution is -2.27. The summed E-state index contributed by atoms with van der Waals surface area (Å²) in [6, 6.07) is 12.4. The molecule has 2 aromatic carbocycles. The molecule has 1 heterocycles. The summed E-state index contributed by atoms with van der Waals surface area (Å²) < 4.78 is 0. The van der Waals surface area contributed by atoms with E-state index in [0.717, 1.165) is 23.4 Å². The van der Waals surface area contributed by atoms with Crippen molar-refractivity contribution >= 4 is 34.6 Å². The highest BCUT2D eigenvalue weighted by molar-refractivity contribution is 6.35. The van der Waals surface area contributed by atoms with Crippen molar-refractivity contribution in [1.29, 1.82) is 0 Å². The molecule has 0 amide bonds. The lowest BCUT2D eigenvalue weighted by molar-refractivity contribution is 0.679. The molecule has 2 N–H and O–H groups in total. The van der Waals surface area contributed by atoms with Gasteiger partial charge in [0.25, 0.3) is 0 Å². The van der Waals surface area contributed by atoms with E-state index >= 15 is 0 Å². The van der Waals surface area contributed by atoms with Gasteiger partial charge in [-0.25, -0.2) is 0 Å². The molecule has 0 aliphatic carbocycles. The van der Waals surface area contributed by atoms with Crippen LogP contribution in [0.4, 0.5) is 11.4 Å². The molecule has 0 aromatic heterocycles. The topological polar surface area (TPSA) is 32.5 Å². The first-order valence-electron chi connectivity index (χ1n) is 7.23. The zero-order chi connectivity index (χ0) is 15.9. The summed E-state index contributed by atoms with van der Waals surface area (Å²) >= 11 is 12.5. The Morgan fingerprint density at radius 3 is 2.45 bits per heavy atom. The monoisotopic (exact) mass is 335 g/mol. The fourth-order valence-electron chi connectivity index (χ4n) is 3.00. The van der Waals surface area contributed by atoms with Gasteiger partial charge < -0.3 is 15.5 Å². The maximum absolute atomic E-state index is 6.36. The van der Waals surface area contributed by atoms with Crippen LogP contribution in [0.3, 0.4) is 0 Å². The number of nitrogens with two attached hydrogens (primary N) is 1. The van der Waals surface area contributed by atoms with Crippen molar-refractivity contribution in [3.63, 3.8) is 0 Å². The van der Waals surface area contributed by atoms with E-state index in [0.29, 0.717) is 16.6 Å². The van der Waals surface area contributed by atoms with E-state index < -0.39 is 0 Å². The van der Waals surface area contributed by atoms with Crippen LogP contribution in [0.5, 0.6) is 0 Å². The summed E-state index contributed by atoms with van der Waals surface area (Å²) in [7, 11) is 4.07. The van der Waals surface area contributed by atoms with Gasteiger partial charge in [-0.05, 0) is 47.5 Å². The summed E-state index contributed by atoms with van der Waals surface area (Å²) in [5, 5.41) is 1.38. The molecular formula is C17H19Cl2N3. The Kier molecular flexibility index (Phi) is 4.22. The fourth-order valence-corrected chi connectivity index (χ4v) is 3.57. The van der Waals surface area contributed by atoms with E-state index in [4.69, 9.17) is 28.9 Å². The van der Waals surface area contributed by atoms with Gasteiger partial charge in [0, 0.05) is 48.6 Å². The van der Waals surface area contributed by atoms with Crippen LogP contribution in [0.15, 0.2) is 36.4 Å². The maximum Gasteiger partial charge on any atom is 0.0672 e. The molecule has 1 atom stereocenters. The van der Waals surface area contributed by atoms with Crippen molar-refractivity contribution in [3.05, 3.63) is 57.6 Å². The van der Waals surface area contributed by atoms with Gasteiger partial charge in [-0.2, -0.15) is 0 Å². The summed E-state index contributed by atoms with van der Waals surface area (Å²) in [6.07, 6.45) is 0. The van der Waals surface area contributed by atoms with Gasteiger partial charge in [0.1, 0.15) is 0 Å². The predicted molar refractivity (Wildman–Crippen MR) is 95.2 cm³/mol. The Labute approximate surface area is 141 Å². The minimum atomic E-state index is 0.108. The number of nitrogens with zero attached hydrogens (tertiary/aromatic N) is 2. The molecule has 0 spiro atoms. The minimum Gasteiger partial charge on any atom is -0.378 e. The zero-order valence-electron chi connectivity index (χ0n) is 12.7. The highest BCUT2D eigenvalue weighted by atomic mass is 35.5. The van der Waals surface area contributed by atoms with Crippen molar-refractivity contribution in [2.45, 2.75) is 12.6 Å². The predicted octanol–water partition coefficient (Wildman–Crippen LogP) is 4.08. The van der Waals surface area contributed by atoms with Gasteiger partial charge in [-0.1, -0.05) is 23.2 Å². The van der Waals surface area contributed by atoms with Crippen LogP contribution in [0.25, 0.3) is 0 Å². The van der Waals surface area contributed by atoms with Crippen molar-refractivity contribution in [2.24, 2.45) is 5.73 Å². The first kappa shape index (κ1) is 15.5. The summed E-state index contributed by atoms with van der Waals surface area (Å²) in [4.78, 5) is 4.37. The van der Waals surface area contributed by atoms with Gasteiger partial charge in [0.05, 0.1) is 6.04 Å². The Hall–Kier alpha value is -1.42. The van der Waals surface area contributed by atoms with E-state index in [1.165, 1.54) is 5.69 Å². The molecule has 116 valence electrons. The minimum absolute atomic E-state index is 0.108. The zero-order valence-corrected chi connectivity index (χ0v) is 14.2. The van der Waals surface area contributed by atoms with Crippen molar-refractivity contribution in [2.75, 3.05) is 30.4 Å². The first-order valence-corrected chi connectivity index (χ1v) is 7.98. The molecule has 0 fully saturated rings. The average molecular weight is 336 g/mol. The molecule has 3 nitrogen and oxygen atoms in total. The van der Waals surface area contributed by atoms with Gasteiger partial charge in [0.15, 0.2) is 0 Å². The molecule has 0 bridgehead atoms. The Bertz CT molecular complexity index is 683. The number of fused-ring (bicyclic) bond motifs is 1. The standard InChI is InChI=1S/C17H19Cl2N3/c1-21(2)12-3-5-13(6-4-12)22-10-15-14(17(22)9-20)7-11(18)8-16(15)19/h3-8,17H,9-10,20H2,1-2H3. The third-order valence-electron chi connectivity index (χ3n) is 4.18. The molecule has 3 rings (SSSR count). The second-order valence-electron chi connectivity index (χ2n) is 5.75. The lowest BCUT2D eigenvalue weighted by Gasteiger charge is -2.27. The number of hydrogen-bond acceptors (Lipinski definition) is 3. The summed E-state index contributed by atoms with van der Waals surface area (Å²) in [6.45, 7) is 1.29. The van der Waals surface area contributed by atoms with Crippen LogP contribution >= 0.6 is 23.2 Å². The second-order valence-corrected chi connectivity index (χ2v) is 6.59. The van der Waals surface area contributed by atoms with E-state index in [1.807, 2.05) is 20.2 Å². The molecule has 0 radical (unpaired) electrons. The van der Waals surface area contributed by atoms with E-state index in [2.05, 4.69) is 34.1 Å². The van der Waals surface area contributed by atoms with Crippen LogP contribution in [0.2, 0.25) is 10.0 Å². The van der Waals surface area contributed by atoms with E-state index in [1.54, 1.807) is 6.07 Å². The number of benzene rings is 2. The third kappa shape index (κ3) is 2.65. The van der Waals surface area contributed by atoms with E-state index in [9.17, 15) is 0 Å². The number of halogens is 2. The van der Waals surface area contributed by atoms with E-state index in [-0.39, 0.29) is 6.04 Å². The third-order valence-corrected chi connectivity index (χ3v) is 4.73. The molecule has 2 aromatic rings. The van der Waals surface area contributed by atoms with Crippen LogP contribution in [0.1, 0.15) is 17.2 Å². The number of anilines is 2. The van der Waals surface area contributed by atoms with Crippen LogP contribution in [0, 0.1) is 0 Å². The molecular weight excluding hydrogens is 317 g/mol. The van der Waals surface area contributed by atoms with Crippen molar-refractivity contribution in [3.8, 4) is 0 Å². The van der Waals surface area contributed by atoms with Crippen LogP contribution < -0.4 is 15.5 Å². The van der Waals surface area contributed by atoms with Gasteiger partial charge in [-0.3, -0.25) is 0 Å². The largest absolute Gasteiger partial charge is 0.378 e. The Balaban J connectivity index is 1.97. The smallest absolute Gasteiger partial charge is 0.0672 e.